The van der Waals surface area contributed by atoms with E-state index in [0.717, 1.165) is 21.1 Å². The minimum absolute atomic E-state index is 0.0631. The van der Waals surface area contributed by atoms with Gasteiger partial charge in [-0.3, -0.25) is 31.6 Å². The van der Waals surface area contributed by atoms with Crippen LogP contribution in [0.15, 0.2) is 154 Å². The molecule has 14 rings (SSSR count). The molecule has 0 radical (unpaired) electrons. The third kappa shape index (κ3) is 15.7. The van der Waals surface area contributed by atoms with Crippen molar-refractivity contribution in [1.82, 2.24) is 39.4 Å². The molecule has 568 valence electrons. The smallest absolute Gasteiger partial charge is 0.338 e. The molecule has 0 atom stereocenters. The number of carbonyl (C=O) groups excluding carboxylic acids is 2. The molecule has 14 aromatic rings. The molecule has 2 amide bonds. The van der Waals surface area contributed by atoms with Crippen LogP contribution in [-0.2, 0) is 59.3 Å². The molecule has 0 aliphatic carbocycles. The molecule has 2 N–H and O–H groups in total. The van der Waals surface area contributed by atoms with Crippen molar-refractivity contribution in [3.63, 3.8) is 0 Å². The van der Waals surface area contributed by atoms with Gasteiger partial charge in [0.2, 0.25) is 20.0 Å². The minimum Gasteiger partial charge on any atom is -0.455 e. The molecule has 24 nitrogen and oxygen atoms in total. The number of aromatic nitrogens is 6. The van der Waals surface area contributed by atoms with Gasteiger partial charge in [-0.2, -0.15) is 0 Å². The Balaban J connectivity index is 0.000000182. The third-order valence-corrected chi connectivity index (χ3v) is 23.6. The van der Waals surface area contributed by atoms with Crippen LogP contribution in [0.3, 0.4) is 0 Å². The number of furan rings is 2. The maximum atomic E-state index is 15.3. The summed E-state index contributed by atoms with van der Waals surface area (Å²) in [5, 5.41) is 6.64. The molecule has 0 unspecified atom stereocenters. The summed E-state index contributed by atoms with van der Waals surface area (Å²) in [4.78, 5) is 46.1. The second kappa shape index (κ2) is 32.3. The van der Waals surface area contributed by atoms with Gasteiger partial charge >= 0.3 is 16.2 Å². The van der Waals surface area contributed by atoms with E-state index in [2.05, 4.69) is 10.6 Å². The number of anilines is 2. The molecule has 33 heteroatoms. The Labute approximate surface area is 629 Å². The van der Waals surface area contributed by atoms with Crippen molar-refractivity contribution >= 4 is 148 Å². The molecule has 0 aliphatic rings. The van der Waals surface area contributed by atoms with Crippen molar-refractivity contribution in [2.24, 2.45) is 0 Å². The molecular weight excluding hydrogens is 1510 g/mol. The van der Waals surface area contributed by atoms with Crippen molar-refractivity contribution < 1.29 is 80.0 Å². The minimum atomic E-state index is -3.83. The lowest BCUT2D eigenvalue weighted by atomic mass is 10.0. The quantitative estimate of drug-likeness (QED) is 0.0342. The fourth-order valence-corrected chi connectivity index (χ4v) is 16.3. The Morgan fingerprint density at radius 3 is 1.28 bits per heavy atom. The van der Waals surface area contributed by atoms with Gasteiger partial charge in [0.05, 0.1) is 118 Å². The molecule has 0 bridgehead atoms. The summed E-state index contributed by atoms with van der Waals surface area (Å²) in [5.74, 6) is -1.55. The number of pyridine rings is 2. The normalized spacial score (nSPS) is 12.1. The van der Waals surface area contributed by atoms with E-state index in [1.54, 1.807) is 95.4 Å². The molecule has 0 aliphatic heterocycles. The van der Waals surface area contributed by atoms with Gasteiger partial charge in [-0.05, 0) is 156 Å². The van der Waals surface area contributed by atoms with Crippen molar-refractivity contribution in [3.8, 4) is 45.2 Å². The number of benzene rings is 6. The molecule has 109 heavy (non-hydrogen) atoms. The first-order chi connectivity index (χ1) is 52.1. The third-order valence-electron chi connectivity index (χ3n) is 17.6. The Bertz CT molecular complexity index is 6150. The first kappa shape index (κ1) is 78.6. The monoisotopic (exact) mass is 1590 g/mol. The van der Waals surface area contributed by atoms with Gasteiger partial charge in [0, 0.05) is 84.1 Å². The van der Waals surface area contributed by atoms with E-state index in [-0.39, 0.29) is 75.8 Å². The predicted octanol–water partition coefficient (Wildman–Crippen LogP) is 17.1. The highest BCUT2D eigenvalue weighted by Crippen LogP contribution is 2.52. The van der Waals surface area contributed by atoms with Gasteiger partial charge in [-0.1, -0.05) is 12.1 Å². The van der Waals surface area contributed by atoms with Gasteiger partial charge < -0.3 is 42.1 Å². The summed E-state index contributed by atoms with van der Waals surface area (Å²) in [6, 6.07) is 36.6. The molecule has 0 spiro atoms. The van der Waals surface area contributed by atoms with Crippen LogP contribution in [0.2, 0.25) is 0 Å². The number of alkyl halides is 1. The average Bonchev–Trinajstić information content (AvgIpc) is 1.64. The predicted molar refractivity (Wildman–Crippen MR) is 416 cm³/mol. The largest absolute Gasteiger partial charge is 0.455 e. The number of amides is 2. The highest BCUT2D eigenvalue weighted by atomic mass is 35.5. The van der Waals surface area contributed by atoms with E-state index in [4.69, 9.17) is 63.0 Å². The van der Waals surface area contributed by atoms with E-state index in [1.807, 2.05) is 20.8 Å². The van der Waals surface area contributed by atoms with E-state index in [1.165, 1.54) is 101 Å². The van der Waals surface area contributed by atoms with Crippen molar-refractivity contribution in [1.29, 1.82) is 0 Å². The van der Waals surface area contributed by atoms with Crippen LogP contribution in [0.5, 0.6) is 0 Å². The summed E-state index contributed by atoms with van der Waals surface area (Å²) in [7, 11) is -6.60. The molecule has 8 aromatic heterocycles. The Morgan fingerprint density at radius 1 is 0.523 bits per heavy atom. The Hall–Kier alpha value is -9.97. The average molecular weight is 1590 g/mol. The number of nitrogens with one attached hydrogen (secondary N) is 2. The van der Waals surface area contributed by atoms with Crippen molar-refractivity contribution in [2.75, 3.05) is 82.3 Å². The number of nitrogens with zero attached hydrogens (tertiary/aromatic N) is 8. The number of carbonyl (C=O) groups is 2. The number of hydrogen-bond acceptors (Lipinski definition) is 18. The number of sulfonamides is 2. The zero-order chi connectivity index (χ0) is 78.1. The molecular formula is C76H73ClF4N10O14P2S2. The maximum absolute atomic E-state index is 15.3. The van der Waals surface area contributed by atoms with Crippen LogP contribution in [0.1, 0.15) is 67.0 Å². The lowest BCUT2D eigenvalue weighted by Crippen LogP contribution is -2.25. The number of rotatable bonds is 23. The van der Waals surface area contributed by atoms with E-state index >= 15 is 4.39 Å². The second-order valence-electron chi connectivity index (χ2n) is 24.5. The van der Waals surface area contributed by atoms with Crippen LogP contribution in [-0.4, -0.2) is 131 Å². The molecule has 0 saturated heterocycles. The van der Waals surface area contributed by atoms with Crippen molar-refractivity contribution in [3.05, 3.63) is 192 Å². The first-order valence-electron chi connectivity index (χ1n) is 34.1. The van der Waals surface area contributed by atoms with Crippen LogP contribution >= 0.6 is 27.8 Å². The summed E-state index contributed by atoms with van der Waals surface area (Å²) < 4.78 is 168. The lowest BCUT2D eigenvalue weighted by molar-refractivity contribution is 0.0956. The summed E-state index contributed by atoms with van der Waals surface area (Å²) in [6.45, 7) is 11.4. The Kier molecular flexibility index (Phi) is 23.3. The van der Waals surface area contributed by atoms with Crippen LogP contribution in [0, 0.1) is 23.3 Å². The molecule has 0 saturated carbocycles. The van der Waals surface area contributed by atoms with Gasteiger partial charge in [-0.25, -0.2) is 54.3 Å². The van der Waals surface area contributed by atoms with Crippen LogP contribution < -0.4 is 19.2 Å². The van der Waals surface area contributed by atoms with E-state index < -0.39 is 71.3 Å². The Morgan fingerprint density at radius 2 is 0.917 bits per heavy atom. The molecule has 0 fully saturated rings. The van der Waals surface area contributed by atoms with Gasteiger partial charge in [0.15, 0.2) is 0 Å². The van der Waals surface area contributed by atoms with Crippen LogP contribution in [0.4, 0.5) is 28.9 Å². The lowest BCUT2D eigenvalue weighted by Gasteiger charge is -2.21. The van der Waals surface area contributed by atoms with Crippen LogP contribution in [0.25, 0.3) is 122 Å². The zero-order valence-electron chi connectivity index (χ0n) is 60.7. The van der Waals surface area contributed by atoms with Gasteiger partial charge in [0.25, 0.3) is 11.8 Å². The van der Waals surface area contributed by atoms with E-state index in [9.17, 15) is 44.2 Å². The number of hydrogen-bond donors (Lipinski definition) is 2. The highest BCUT2D eigenvalue weighted by Gasteiger charge is 2.32. The van der Waals surface area contributed by atoms with Gasteiger partial charge in [-0.15, -0.1) is 11.6 Å². The maximum Gasteiger partial charge on any atom is 0.338 e. The van der Waals surface area contributed by atoms with E-state index in [0.29, 0.717) is 125 Å². The molecule has 6 aromatic carbocycles. The second-order valence-corrected chi connectivity index (χ2v) is 32.0. The number of fused-ring (bicyclic) bond motifs is 12. The topological polar surface area (TPSA) is 283 Å². The zero-order valence-corrected chi connectivity index (χ0v) is 64.9. The fourth-order valence-electron chi connectivity index (χ4n) is 12.6. The van der Waals surface area contributed by atoms with Gasteiger partial charge in [0.1, 0.15) is 74.8 Å². The fraction of sp³-hybridized carbons (Fsp3) is 0.237. The summed E-state index contributed by atoms with van der Waals surface area (Å²) in [6.07, 6.45) is 1.91. The first-order valence-corrected chi connectivity index (χ1v) is 41.1. The summed E-state index contributed by atoms with van der Waals surface area (Å²) >= 11 is 6.27. The van der Waals surface area contributed by atoms with Crippen molar-refractivity contribution in [2.45, 2.75) is 46.7 Å². The summed E-state index contributed by atoms with van der Waals surface area (Å²) in [5.41, 5.74) is 7.13. The SMILES string of the molecule is CCOP(=O)(Cc1nc2ccc(-c3cc4c(C(=O)NC)c(-c5ccc(F)cc5)oc4cc3N(C)S(C)(=O)=O)nc2c2cc3c(F)cccc3n12)OCC.CCOP(OCC)OCC.CNC(=O)c1c(-c2ccc(F)cc2)oc2cc(N(C)S(C)(=O)=O)c(-c3ccc4nc(CCl)n5c6cccc(F)c6cc5c4n3)cc12. The number of halogens is 5. The standard InChI is InChI=1S/C37H34F2N5O7PS.C33H24ClF2N5O4S.C6H15O3P/c1-6-49-52(46,50-7-2)20-33-41-28-16-15-27(42-35(28)31-18-23-26(39)9-8-10-29(23)44(31)33)24-17-25-32(19-30(24)43(4)53(5,47)48)51-36(34(25)37(45)40-3)21-11-13-22(38)14-12-21;1-37-33(42)30-21-13-20(26(40(2)46(3,43)44)15-28(21)45-32(30)17-7-9-18(35)10-8-17)23-11-12-24-31(39-23)27-14-19-22(36)5-4-6-25(19)41(27)29(16-34)38-24;1-4-7-10(8-5-2)9-6-3/h8-19H,6-7,20H2,1-5H3,(H,40,45);4-15H,16H2,1-3H3,(H,37,42);4-6H2,1-3H3. The molecule has 8 heterocycles. The highest BCUT2D eigenvalue weighted by molar-refractivity contribution is 7.92.